The molecule has 1 atom stereocenters. The van der Waals surface area contributed by atoms with Gasteiger partial charge in [-0.1, -0.05) is 30.3 Å². The van der Waals surface area contributed by atoms with E-state index in [9.17, 15) is 9.59 Å². The minimum absolute atomic E-state index is 0.00617. The summed E-state index contributed by atoms with van der Waals surface area (Å²) in [6, 6.07) is 9.53. The lowest BCUT2D eigenvalue weighted by atomic mass is 10.1. The van der Waals surface area contributed by atoms with E-state index in [1.54, 1.807) is 0 Å². The molecule has 3 amide bonds. The van der Waals surface area contributed by atoms with Crippen molar-refractivity contribution < 1.29 is 9.59 Å². The smallest absolute Gasteiger partial charge is 0.321 e. The third-order valence-electron chi connectivity index (χ3n) is 2.46. The number of carbonyl (C=O) groups excluding carboxylic acids is 2. The summed E-state index contributed by atoms with van der Waals surface area (Å²) < 4.78 is 0. The highest BCUT2D eigenvalue weighted by molar-refractivity contribution is 6.28. The van der Waals surface area contributed by atoms with Crippen LogP contribution in [0.5, 0.6) is 0 Å². The molecule has 0 heterocycles. The molecule has 98 valence electrons. The van der Waals surface area contributed by atoms with Crippen LogP contribution in [-0.2, 0) is 11.2 Å². The van der Waals surface area contributed by atoms with Crippen LogP contribution in [0.4, 0.5) is 4.79 Å². The quantitative estimate of drug-likeness (QED) is 0.803. The maximum atomic E-state index is 11.3. The predicted molar refractivity (Wildman–Crippen MR) is 71.6 cm³/mol. The van der Waals surface area contributed by atoms with Gasteiger partial charge in [0.1, 0.15) is 5.88 Å². The normalized spacial score (nSPS) is 11.7. The standard InChI is InChI=1S/C13H17ClN2O2/c1-10(15-13(18)16-12(17)9-14)7-8-11-5-3-2-4-6-11/h2-6,10H,7-9H2,1H3,(H2,15,16,17,18). The van der Waals surface area contributed by atoms with E-state index in [1.807, 2.05) is 37.3 Å². The molecule has 0 aliphatic rings. The van der Waals surface area contributed by atoms with E-state index >= 15 is 0 Å². The lowest BCUT2D eigenvalue weighted by Gasteiger charge is -2.13. The summed E-state index contributed by atoms with van der Waals surface area (Å²) in [6.45, 7) is 1.90. The number of halogens is 1. The molecule has 1 rings (SSSR count). The summed E-state index contributed by atoms with van der Waals surface area (Å²) in [5, 5.41) is 4.82. The Labute approximate surface area is 112 Å². The Morgan fingerprint density at radius 1 is 1.28 bits per heavy atom. The number of rotatable bonds is 5. The minimum Gasteiger partial charge on any atom is -0.335 e. The fourth-order valence-electron chi connectivity index (χ4n) is 1.52. The third kappa shape index (κ3) is 5.68. The Kier molecular flexibility index (Phi) is 6.22. The van der Waals surface area contributed by atoms with Crippen molar-refractivity contribution in [1.82, 2.24) is 10.6 Å². The second kappa shape index (κ2) is 7.71. The Morgan fingerprint density at radius 3 is 2.56 bits per heavy atom. The van der Waals surface area contributed by atoms with E-state index in [0.29, 0.717) is 0 Å². The first-order valence-corrected chi connectivity index (χ1v) is 6.35. The first-order chi connectivity index (χ1) is 8.61. The zero-order valence-electron chi connectivity index (χ0n) is 10.3. The number of urea groups is 1. The van der Waals surface area contributed by atoms with Gasteiger partial charge in [-0.15, -0.1) is 11.6 Å². The van der Waals surface area contributed by atoms with Crippen molar-refractivity contribution in [3.8, 4) is 0 Å². The second-order valence-corrected chi connectivity index (χ2v) is 4.35. The monoisotopic (exact) mass is 268 g/mol. The third-order valence-corrected chi connectivity index (χ3v) is 2.70. The number of aryl methyl sites for hydroxylation is 1. The van der Waals surface area contributed by atoms with Gasteiger partial charge < -0.3 is 5.32 Å². The van der Waals surface area contributed by atoms with Crippen LogP contribution in [-0.4, -0.2) is 23.9 Å². The zero-order chi connectivity index (χ0) is 13.4. The molecule has 0 saturated heterocycles. The van der Waals surface area contributed by atoms with Crippen molar-refractivity contribution in [1.29, 1.82) is 0 Å². The van der Waals surface area contributed by atoms with Gasteiger partial charge in [-0.25, -0.2) is 4.79 Å². The van der Waals surface area contributed by atoms with Gasteiger partial charge in [-0.2, -0.15) is 0 Å². The molecule has 0 aromatic heterocycles. The lowest BCUT2D eigenvalue weighted by molar-refractivity contribution is -0.117. The maximum Gasteiger partial charge on any atom is 0.321 e. The minimum atomic E-state index is -0.499. The average Bonchev–Trinajstić information content (AvgIpc) is 2.37. The Balaban J connectivity index is 2.27. The van der Waals surface area contributed by atoms with E-state index in [-0.39, 0.29) is 11.9 Å². The maximum absolute atomic E-state index is 11.3. The van der Waals surface area contributed by atoms with Crippen LogP contribution in [0.3, 0.4) is 0 Å². The molecular formula is C13H17ClN2O2. The van der Waals surface area contributed by atoms with E-state index in [2.05, 4.69) is 10.6 Å². The van der Waals surface area contributed by atoms with Crippen LogP contribution in [0.2, 0.25) is 0 Å². The number of imide groups is 1. The highest BCUT2D eigenvalue weighted by Gasteiger charge is 2.09. The van der Waals surface area contributed by atoms with Crippen molar-refractivity contribution in [2.24, 2.45) is 0 Å². The van der Waals surface area contributed by atoms with E-state index < -0.39 is 11.9 Å². The van der Waals surface area contributed by atoms with Gasteiger partial charge in [0.15, 0.2) is 0 Å². The number of nitrogens with one attached hydrogen (secondary N) is 2. The molecule has 1 aromatic rings. The van der Waals surface area contributed by atoms with Gasteiger partial charge in [0.25, 0.3) is 0 Å². The van der Waals surface area contributed by atoms with Crippen LogP contribution >= 0.6 is 11.6 Å². The summed E-state index contributed by atoms with van der Waals surface area (Å²) in [6.07, 6.45) is 1.69. The molecule has 0 bridgehead atoms. The summed E-state index contributed by atoms with van der Waals surface area (Å²) >= 11 is 5.28. The molecule has 1 unspecified atom stereocenters. The number of alkyl halides is 1. The van der Waals surface area contributed by atoms with Crippen molar-refractivity contribution in [2.45, 2.75) is 25.8 Å². The van der Waals surface area contributed by atoms with Crippen molar-refractivity contribution in [3.63, 3.8) is 0 Å². The fraction of sp³-hybridized carbons (Fsp3) is 0.385. The fourth-order valence-corrected chi connectivity index (χ4v) is 1.59. The summed E-state index contributed by atoms with van der Waals surface area (Å²) in [4.78, 5) is 22.2. The largest absolute Gasteiger partial charge is 0.335 e. The van der Waals surface area contributed by atoms with Crippen LogP contribution < -0.4 is 10.6 Å². The topological polar surface area (TPSA) is 58.2 Å². The Hall–Kier alpha value is -1.55. The molecule has 0 spiro atoms. The van der Waals surface area contributed by atoms with Crippen LogP contribution in [0.1, 0.15) is 18.9 Å². The van der Waals surface area contributed by atoms with Gasteiger partial charge in [-0.3, -0.25) is 10.1 Å². The van der Waals surface area contributed by atoms with Gasteiger partial charge in [-0.05, 0) is 25.3 Å². The Bertz CT molecular complexity index is 395. The molecule has 18 heavy (non-hydrogen) atoms. The summed E-state index contributed by atoms with van der Waals surface area (Å²) in [5.74, 6) is -0.712. The second-order valence-electron chi connectivity index (χ2n) is 4.08. The Morgan fingerprint density at radius 2 is 1.94 bits per heavy atom. The SMILES string of the molecule is CC(CCc1ccccc1)NC(=O)NC(=O)CCl. The summed E-state index contributed by atoms with van der Waals surface area (Å²) in [7, 11) is 0. The van der Waals surface area contributed by atoms with Crippen molar-refractivity contribution in [3.05, 3.63) is 35.9 Å². The highest BCUT2D eigenvalue weighted by Crippen LogP contribution is 2.04. The molecule has 0 aliphatic carbocycles. The van der Waals surface area contributed by atoms with Crippen LogP contribution in [0.25, 0.3) is 0 Å². The molecule has 4 nitrogen and oxygen atoms in total. The van der Waals surface area contributed by atoms with Crippen LogP contribution in [0.15, 0.2) is 30.3 Å². The molecule has 1 aromatic carbocycles. The molecular weight excluding hydrogens is 252 g/mol. The number of benzene rings is 1. The van der Waals surface area contributed by atoms with E-state index in [0.717, 1.165) is 12.8 Å². The summed E-state index contributed by atoms with van der Waals surface area (Å²) in [5.41, 5.74) is 1.23. The molecule has 0 saturated carbocycles. The molecule has 0 aliphatic heterocycles. The first-order valence-electron chi connectivity index (χ1n) is 5.82. The van der Waals surface area contributed by atoms with E-state index in [1.165, 1.54) is 5.56 Å². The number of carbonyl (C=O) groups is 2. The number of amides is 3. The lowest BCUT2D eigenvalue weighted by Crippen LogP contribution is -2.44. The number of hydrogen-bond donors (Lipinski definition) is 2. The number of hydrogen-bond acceptors (Lipinski definition) is 2. The van der Waals surface area contributed by atoms with Crippen molar-refractivity contribution >= 4 is 23.5 Å². The molecule has 2 N–H and O–H groups in total. The van der Waals surface area contributed by atoms with E-state index in [4.69, 9.17) is 11.6 Å². The molecule has 0 fully saturated rings. The van der Waals surface area contributed by atoms with Gasteiger partial charge in [0.2, 0.25) is 5.91 Å². The van der Waals surface area contributed by atoms with Crippen LogP contribution in [0, 0.1) is 0 Å². The molecule has 0 radical (unpaired) electrons. The highest BCUT2D eigenvalue weighted by atomic mass is 35.5. The average molecular weight is 269 g/mol. The van der Waals surface area contributed by atoms with Crippen molar-refractivity contribution in [2.75, 3.05) is 5.88 Å². The zero-order valence-corrected chi connectivity index (χ0v) is 11.0. The van der Waals surface area contributed by atoms with Gasteiger partial charge in [0, 0.05) is 6.04 Å². The van der Waals surface area contributed by atoms with Gasteiger partial charge in [0.05, 0.1) is 0 Å². The molecule has 5 heteroatoms. The van der Waals surface area contributed by atoms with Gasteiger partial charge >= 0.3 is 6.03 Å². The first kappa shape index (κ1) is 14.5. The predicted octanol–water partition coefficient (Wildman–Crippen LogP) is 2.07.